The van der Waals surface area contributed by atoms with Gasteiger partial charge in [0.25, 0.3) is 5.91 Å². The summed E-state index contributed by atoms with van der Waals surface area (Å²) in [7, 11) is 0. The number of aryl methyl sites for hydroxylation is 1. The van der Waals surface area contributed by atoms with Gasteiger partial charge >= 0.3 is 6.18 Å². The number of halogens is 4. The monoisotopic (exact) mass is 334 g/mol. The minimum atomic E-state index is -4.58. The number of alkyl halides is 3. The Morgan fingerprint density at radius 1 is 1.33 bits per heavy atom. The molecule has 0 fully saturated rings. The zero-order valence-corrected chi connectivity index (χ0v) is 12.3. The van der Waals surface area contributed by atoms with Crippen molar-refractivity contribution in [2.45, 2.75) is 13.1 Å². The number of nitrogens with one attached hydrogen (secondary N) is 1. The standard InChI is InChI=1S/C13H10ClF3N2OS/c1-6-10(18)5-11(21-6)12(20)19-7-2-3-9(14)8(4-7)13(15,16)17/h2-5H,18H2,1H3,(H,19,20). The zero-order chi connectivity index (χ0) is 15.8. The highest BCUT2D eigenvalue weighted by Crippen LogP contribution is 2.36. The van der Waals surface area contributed by atoms with Gasteiger partial charge in [0.15, 0.2) is 0 Å². The van der Waals surface area contributed by atoms with Crippen molar-refractivity contribution in [3.05, 3.63) is 44.6 Å². The molecule has 0 aliphatic heterocycles. The normalized spacial score (nSPS) is 11.5. The van der Waals surface area contributed by atoms with Crippen molar-refractivity contribution in [2.75, 3.05) is 11.1 Å². The second-order valence-corrected chi connectivity index (χ2v) is 5.93. The number of rotatable bonds is 2. The molecule has 0 atom stereocenters. The number of carbonyl (C=O) groups excluding carboxylic acids is 1. The molecule has 0 saturated carbocycles. The number of amides is 1. The third kappa shape index (κ3) is 3.48. The van der Waals surface area contributed by atoms with Crippen molar-refractivity contribution < 1.29 is 18.0 Å². The van der Waals surface area contributed by atoms with Gasteiger partial charge in [-0.05, 0) is 31.2 Å². The lowest BCUT2D eigenvalue weighted by Crippen LogP contribution is -2.12. The predicted octanol–water partition coefficient (Wildman–Crippen LogP) is 4.56. The zero-order valence-electron chi connectivity index (χ0n) is 10.7. The van der Waals surface area contributed by atoms with E-state index in [-0.39, 0.29) is 5.69 Å². The molecule has 0 spiro atoms. The maximum atomic E-state index is 12.7. The molecule has 0 saturated heterocycles. The van der Waals surface area contributed by atoms with Crippen molar-refractivity contribution in [1.29, 1.82) is 0 Å². The fraction of sp³-hybridized carbons (Fsp3) is 0.154. The molecule has 1 aromatic carbocycles. The van der Waals surface area contributed by atoms with E-state index in [0.717, 1.165) is 17.0 Å². The van der Waals surface area contributed by atoms with E-state index in [2.05, 4.69) is 5.32 Å². The Hall–Kier alpha value is -1.73. The van der Waals surface area contributed by atoms with Crippen molar-refractivity contribution in [3.8, 4) is 0 Å². The largest absolute Gasteiger partial charge is 0.417 e. The van der Waals surface area contributed by atoms with Crippen LogP contribution in [0.5, 0.6) is 0 Å². The summed E-state index contributed by atoms with van der Waals surface area (Å²) in [5.74, 6) is -0.518. The molecule has 8 heteroatoms. The molecule has 0 aliphatic rings. The van der Waals surface area contributed by atoms with Gasteiger partial charge in [0, 0.05) is 16.3 Å². The Balaban J connectivity index is 2.26. The minimum absolute atomic E-state index is 0.0151. The fourth-order valence-corrected chi connectivity index (χ4v) is 2.68. The first-order valence-corrected chi connectivity index (χ1v) is 6.92. The van der Waals surface area contributed by atoms with Gasteiger partial charge in [-0.15, -0.1) is 11.3 Å². The molecule has 112 valence electrons. The maximum absolute atomic E-state index is 12.7. The molecule has 2 rings (SSSR count). The lowest BCUT2D eigenvalue weighted by Gasteiger charge is -2.11. The number of anilines is 2. The Kier molecular flexibility index (Phi) is 4.15. The second-order valence-electron chi connectivity index (χ2n) is 4.27. The van der Waals surface area contributed by atoms with E-state index in [9.17, 15) is 18.0 Å². The topological polar surface area (TPSA) is 55.1 Å². The van der Waals surface area contributed by atoms with E-state index >= 15 is 0 Å². The van der Waals surface area contributed by atoms with Crippen LogP contribution in [0.2, 0.25) is 5.02 Å². The number of benzene rings is 1. The van der Waals surface area contributed by atoms with E-state index in [4.69, 9.17) is 17.3 Å². The smallest absolute Gasteiger partial charge is 0.398 e. The van der Waals surface area contributed by atoms with E-state index < -0.39 is 22.7 Å². The average molecular weight is 335 g/mol. The van der Waals surface area contributed by atoms with Crippen LogP contribution in [0.15, 0.2) is 24.3 Å². The molecular weight excluding hydrogens is 325 g/mol. The summed E-state index contributed by atoms with van der Waals surface area (Å²) in [6, 6.07) is 4.67. The number of hydrogen-bond donors (Lipinski definition) is 2. The summed E-state index contributed by atoms with van der Waals surface area (Å²) < 4.78 is 38.2. The van der Waals surface area contributed by atoms with Crippen LogP contribution in [0.1, 0.15) is 20.1 Å². The molecular formula is C13H10ClF3N2OS. The average Bonchev–Trinajstić information content (AvgIpc) is 2.71. The summed E-state index contributed by atoms with van der Waals surface area (Å²) in [6.07, 6.45) is -4.58. The highest BCUT2D eigenvalue weighted by molar-refractivity contribution is 7.14. The van der Waals surface area contributed by atoms with Crippen molar-refractivity contribution in [2.24, 2.45) is 0 Å². The number of hydrogen-bond acceptors (Lipinski definition) is 3. The fourth-order valence-electron chi connectivity index (χ4n) is 1.62. The third-order valence-electron chi connectivity index (χ3n) is 2.71. The van der Waals surface area contributed by atoms with Crippen molar-refractivity contribution in [3.63, 3.8) is 0 Å². The van der Waals surface area contributed by atoms with Crippen LogP contribution in [0.4, 0.5) is 24.5 Å². The SMILES string of the molecule is Cc1sc(C(=O)Nc2ccc(Cl)c(C(F)(F)F)c2)cc1N. The molecule has 0 bridgehead atoms. The summed E-state index contributed by atoms with van der Waals surface area (Å²) in [5, 5.41) is 1.98. The van der Waals surface area contributed by atoms with Gasteiger partial charge in [-0.3, -0.25) is 4.79 Å². The Morgan fingerprint density at radius 2 is 2.00 bits per heavy atom. The Labute approximate surface area is 127 Å². The molecule has 2 aromatic rings. The summed E-state index contributed by atoms with van der Waals surface area (Å²) in [4.78, 5) is 13.1. The molecule has 21 heavy (non-hydrogen) atoms. The van der Waals surface area contributed by atoms with Gasteiger partial charge in [-0.1, -0.05) is 11.6 Å². The van der Waals surface area contributed by atoms with Gasteiger partial charge in [-0.2, -0.15) is 13.2 Å². The van der Waals surface area contributed by atoms with Crippen molar-refractivity contribution in [1.82, 2.24) is 0 Å². The highest BCUT2D eigenvalue weighted by atomic mass is 35.5. The molecule has 0 unspecified atom stereocenters. The van der Waals surface area contributed by atoms with Crippen LogP contribution in [0.25, 0.3) is 0 Å². The van der Waals surface area contributed by atoms with Crippen LogP contribution in [0, 0.1) is 6.92 Å². The summed E-state index contributed by atoms with van der Waals surface area (Å²) in [6.45, 7) is 1.75. The van der Waals surface area contributed by atoms with Gasteiger partial charge in [0.2, 0.25) is 0 Å². The predicted molar refractivity (Wildman–Crippen MR) is 77.9 cm³/mol. The lowest BCUT2D eigenvalue weighted by atomic mass is 10.2. The van der Waals surface area contributed by atoms with E-state index in [1.54, 1.807) is 6.92 Å². The minimum Gasteiger partial charge on any atom is -0.398 e. The van der Waals surface area contributed by atoms with Crippen LogP contribution in [0.3, 0.4) is 0 Å². The number of nitrogen functional groups attached to an aromatic ring is 1. The third-order valence-corrected chi connectivity index (χ3v) is 4.10. The maximum Gasteiger partial charge on any atom is 0.417 e. The molecule has 1 heterocycles. The van der Waals surface area contributed by atoms with Crippen molar-refractivity contribution >= 4 is 40.2 Å². The molecule has 1 aromatic heterocycles. The Bertz CT molecular complexity index is 678. The molecule has 1 amide bonds. The van der Waals surface area contributed by atoms with Crippen LogP contribution in [-0.4, -0.2) is 5.91 Å². The lowest BCUT2D eigenvalue weighted by molar-refractivity contribution is -0.137. The van der Waals surface area contributed by atoms with Gasteiger partial charge < -0.3 is 11.1 Å². The first kappa shape index (κ1) is 15.7. The summed E-state index contributed by atoms with van der Waals surface area (Å²) in [5.41, 5.74) is 5.13. The van der Waals surface area contributed by atoms with Crippen LogP contribution in [-0.2, 0) is 6.18 Å². The number of thiophene rings is 1. The van der Waals surface area contributed by atoms with E-state index in [1.165, 1.54) is 23.5 Å². The second kappa shape index (κ2) is 5.57. The van der Waals surface area contributed by atoms with Crippen LogP contribution >= 0.6 is 22.9 Å². The summed E-state index contributed by atoms with van der Waals surface area (Å²) >= 11 is 6.68. The highest BCUT2D eigenvalue weighted by Gasteiger charge is 2.33. The first-order valence-electron chi connectivity index (χ1n) is 5.72. The molecule has 0 radical (unpaired) electrons. The van der Waals surface area contributed by atoms with E-state index in [1.807, 2.05) is 0 Å². The number of carbonyl (C=O) groups is 1. The molecule has 0 aliphatic carbocycles. The van der Waals surface area contributed by atoms with Gasteiger partial charge in [-0.25, -0.2) is 0 Å². The van der Waals surface area contributed by atoms with Gasteiger partial charge in [0.05, 0.1) is 15.5 Å². The van der Waals surface area contributed by atoms with Crippen LogP contribution < -0.4 is 11.1 Å². The molecule has 3 N–H and O–H groups in total. The Morgan fingerprint density at radius 3 is 2.52 bits per heavy atom. The van der Waals surface area contributed by atoms with Gasteiger partial charge in [0.1, 0.15) is 0 Å². The molecule has 3 nitrogen and oxygen atoms in total. The first-order chi connectivity index (χ1) is 9.68. The quantitative estimate of drug-likeness (QED) is 0.845. The van der Waals surface area contributed by atoms with E-state index in [0.29, 0.717) is 10.6 Å². The number of nitrogens with two attached hydrogens (primary N) is 1.